The van der Waals surface area contributed by atoms with Crippen LogP contribution in [0.25, 0.3) is 88.1 Å². The summed E-state index contributed by atoms with van der Waals surface area (Å²) in [5, 5.41) is 14.4. The standard InChI is InChI=1S/C57H39N5O/c1-4-15-36(16-5-1)55-58-56(37-17-6-2-7-18-37)60-57(59-55)38-27-30-41(31-28-38)62-49-26-13-11-22-44(49)46-32-34-51-52(54(46)62)47-35-39(29-33-50(47)63-51)42-23-14-24-45-43-21-10-12-25-48(43)61(53(42)45)40-19-8-3-9-20-40/h1-35,55-56,58H,(H,59,60). The van der Waals surface area contributed by atoms with Crippen LogP contribution in [0.5, 0.6) is 0 Å². The van der Waals surface area contributed by atoms with Crippen LogP contribution < -0.4 is 10.6 Å². The summed E-state index contributed by atoms with van der Waals surface area (Å²) in [5.74, 6) is 0.849. The van der Waals surface area contributed by atoms with Crippen LogP contribution in [-0.4, -0.2) is 15.0 Å². The highest BCUT2D eigenvalue weighted by atomic mass is 16.3. The van der Waals surface area contributed by atoms with Crippen LogP contribution in [0, 0.1) is 0 Å². The molecule has 1 aliphatic heterocycles. The molecule has 0 aliphatic carbocycles. The molecule has 298 valence electrons. The summed E-state index contributed by atoms with van der Waals surface area (Å²) < 4.78 is 11.5. The Labute approximate surface area is 363 Å². The molecule has 2 unspecified atom stereocenters. The van der Waals surface area contributed by atoms with E-state index in [1.54, 1.807) is 0 Å². The molecule has 6 nitrogen and oxygen atoms in total. The van der Waals surface area contributed by atoms with Crippen molar-refractivity contribution < 1.29 is 4.42 Å². The summed E-state index contributed by atoms with van der Waals surface area (Å²) in [7, 11) is 0. The molecule has 13 rings (SSSR count). The lowest BCUT2D eigenvalue weighted by Gasteiger charge is -2.32. The maximum atomic E-state index is 6.71. The first kappa shape index (κ1) is 35.6. The van der Waals surface area contributed by atoms with E-state index in [2.05, 4.69) is 226 Å². The number of nitrogens with one attached hydrogen (secondary N) is 2. The Hall–Kier alpha value is -8.19. The predicted octanol–water partition coefficient (Wildman–Crippen LogP) is 13.8. The third-order valence-corrected chi connectivity index (χ3v) is 12.8. The highest BCUT2D eigenvalue weighted by Gasteiger charge is 2.26. The number of amidine groups is 1. The Kier molecular flexibility index (Phi) is 8.01. The van der Waals surface area contributed by atoms with E-state index in [4.69, 9.17) is 9.41 Å². The van der Waals surface area contributed by atoms with Crippen molar-refractivity contribution in [2.24, 2.45) is 4.99 Å². The molecular formula is C57H39N5O. The number of benzene rings is 9. The Morgan fingerprint density at radius 3 is 1.73 bits per heavy atom. The van der Waals surface area contributed by atoms with Crippen molar-refractivity contribution in [3.05, 3.63) is 229 Å². The molecule has 2 N–H and O–H groups in total. The Morgan fingerprint density at radius 1 is 0.429 bits per heavy atom. The molecule has 63 heavy (non-hydrogen) atoms. The largest absolute Gasteiger partial charge is 0.456 e. The quantitative estimate of drug-likeness (QED) is 0.176. The van der Waals surface area contributed by atoms with Crippen molar-refractivity contribution in [1.82, 2.24) is 19.8 Å². The van der Waals surface area contributed by atoms with E-state index in [1.807, 2.05) is 6.07 Å². The first-order valence-electron chi connectivity index (χ1n) is 21.5. The van der Waals surface area contributed by atoms with Gasteiger partial charge < -0.3 is 18.9 Å². The van der Waals surface area contributed by atoms with Crippen LogP contribution in [0.2, 0.25) is 0 Å². The summed E-state index contributed by atoms with van der Waals surface area (Å²) >= 11 is 0. The van der Waals surface area contributed by atoms with Crippen LogP contribution in [0.4, 0.5) is 0 Å². The van der Waals surface area contributed by atoms with E-state index < -0.39 is 0 Å². The summed E-state index contributed by atoms with van der Waals surface area (Å²) in [5.41, 5.74) is 14.2. The third kappa shape index (κ3) is 5.66. The van der Waals surface area contributed by atoms with Crippen molar-refractivity contribution in [2.45, 2.75) is 12.3 Å². The second-order valence-corrected chi connectivity index (χ2v) is 16.4. The normalized spacial score (nSPS) is 15.5. The van der Waals surface area contributed by atoms with E-state index >= 15 is 0 Å². The molecule has 0 saturated carbocycles. The number of rotatable bonds is 6. The average molecular weight is 810 g/mol. The van der Waals surface area contributed by atoms with Crippen molar-refractivity contribution in [3.63, 3.8) is 0 Å². The second-order valence-electron chi connectivity index (χ2n) is 16.4. The number of nitrogens with zero attached hydrogens (tertiary/aromatic N) is 3. The van der Waals surface area contributed by atoms with Gasteiger partial charge in [0, 0.05) is 49.4 Å². The molecule has 0 fully saturated rings. The molecule has 3 aromatic heterocycles. The zero-order chi connectivity index (χ0) is 41.4. The van der Waals surface area contributed by atoms with Gasteiger partial charge in [0.15, 0.2) is 0 Å². The molecule has 1 aliphatic rings. The summed E-state index contributed by atoms with van der Waals surface area (Å²) in [6.45, 7) is 0. The van der Waals surface area contributed by atoms with Gasteiger partial charge in [-0.1, -0.05) is 140 Å². The smallest absolute Gasteiger partial charge is 0.137 e. The monoisotopic (exact) mass is 809 g/mol. The molecular weight excluding hydrogens is 771 g/mol. The lowest BCUT2D eigenvalue weighted by atomic mass is 9.99. The van der Waals surface area contributed by atoms with E-state index in [0.717, 1.165) is 72.4 Å². The van der Waals surface area contributed by atoms with Gasteiger partial charge in [0.25, 0.3) is 0 Å². The molecule has 0 amide bonds. The molecule has 9 aromatic carbocycles. The summed E-state index contributed by atoms with van der Waals surface area (Å²) in [4.78, 5) is 5.22. The molecule has 6 heteroatoms. The molecule has 0 bridgehead atoms. The number of para-hydroxylation sites is 4. The first-order valence-corrected chi connectivity index (χ1v) is 21.5. The van der Waals surface area contributed by atoms with Gasteiger partial charge in [-0.3, -0.25) is 5.32 Å². The maximum Gasteiger partial charge on any atom is 0.137 e. The molecule has 0 spiro atoms. The van der Waals surface area contributed by atoms with Gasteiger partial charge in [-0.15, -0.1) is 0 Å². The Morgan fingerprint density at radius 2 is 1.00 bits per heavy atom. The minimum absolute atomic E-state index is 0.109. The van der Waals surface area contributed by atoms with Gasteiger partial charge in [-0.2, -0.15) is 0 Å². The zero-order valence-electron chi connectivity index (χ0n) is 34.1. The van der Waals surface area contributed by atoms with Crippen molar-refractivity contribution in [3.8, 4) is 22.5 Å². The van der Waals surface area contributed by atoms with Crippen LogP contribution >= 0.6 is 0 Å². The number of hydrogen-bond acceptors (Lipinski definition) is 4. The topological polar surface area (TPSA) is 59.4 Å². The third-order valence-electron chi connectivity index (χ3n) is 12.8. The molecule has 2 atom stereocenters. The molecule has 4 heterocycles. The predicted molar refractivity (Wildman–Crippen MR) is 259 cm³/mol. The van der Waals surface area contributed by atoms with Crippen LogP contribution in [-0.2, 0) is 0 Å². The molecule has 0 saturated heterocycles. The molecule has 12 aromatic rings. The van der Waals surface area contributed by atoms with Gasteiger partial charge in [0.1, 0.15) is 29.3 Å². The average Bonchev–Trinajstić information content (AvgIpc) is 4.02. The number of aromatic nitrogens is 2. The lowest BCUT2D eigenvalue weighted by molar-refractivity contribution is 0.409. The van der Waals surface area contributed by atoms with Crippen molar-refractivity contribution >= 4 is 71.4 Å². The van der Waals surface area contributed by atoms with Crippen LogP contribution in [0.15, 0.2) is 222 Å². The Bertz CT molecular complexity index is 3730. The fourth-order valence-electron chi connectivity index (χ4n) is 9.95. The number of aliphatic imine (C=N–C) groups is 1. The van der Waals surface area contributed by atoms with Crippen molar-refractivity contribution in [2.75, 3.05) is 0 Å². The lowest BCUT2D eigenvalue weighted by Crippen LogP contribution is -2.44. The fraction of sp³-hybridized carbons (Fsp3) is 0.0351. The van der Waals surface area contributed by atoms with Gasteiger partial charge >= 0.3 is 0 Å². The van der Waals surface area contributed by atoms with E-state index in [-0.39, 0.29) is 12.3 Å². The van der Waals surface area contributed by atoms with Gasteiger partial charge in [-0.25, -0.2) is 4.99 Å². The van der Waals surface area contributed by atoms with Crippen LogP contribution in [0.1, 0.15) is 29.0 Å². The second kappa shape index (κ2) is 14.2. The van der Waals surface area contributed by atoms with Gasteiger partial charge in [-0.05, 0) is 89.5 Å². The van der Waals surface area contributed by atoms with Crippen LogP contribution in [0.3, 0.4) is 0 Å². The first-order chi connectivity index (χ1) is 31.2. The molecule has 0 radical (unpaired) electrons. The van der Waals surface area contributed by atoms with Crippen molar-refractivity contribution in [1.29, 1.82) is 0 Å². The SMILES string of the molecule is c1ccc(C2N=C(c3ccc(-n4c5ccccc5c5ccc6oc7ccc(-c8cccc9c%10ccccc%10n(-c%10ccccc%10)c89)cc7c6c54)cc3)NC(c3ccccc3)N2)cc1. The van der Waals surface area contributed by atoms with E-state index in [1.165, 1.54) is 38.1 Å². The maximum absolute atomic E-state index is 6.71. The summed E-state index contributed by atoms with van der Waals surface area (Å²) in [6.07, 6.45) is -0.312. The number of hydrogen-bond donors (Lipinski definition) is 2. The zero-order valence-corrected chi connectivity index (χ0v) is 34.1. The van der Waals surface area contributed by atoms with Gasteiger partial charge in [0.2, 0.25) is 0 Å². The number of furan rings is 1. The van der Waals surface area contributed by atoms with E-state index in [0.29, 0.717) is 0 Å². The number of fused-ring (bicyclic) bond motifs is 10. The van der Waals surface area contributed by atoms with E-state index in [9.17, 15) is 0 Å². The minimum Gasteiger partial charge on any atom is -0.456 e. The summed E-state index contributed by atoms with van der Waals surface area (Å²) in [6, 6.07) is 75.6. The Balaban J connectivity index is 0.986. The minimum atomic E-state index is -0.203. The van der Waals surface area contributed by atoms with Gasteiger partial charge in [0.05, 0.1) is 27.5 Å². The highest BCUT2D eigenvalue weighted by molar-refractivity contribution is 6.25. The fourth-order valence-corrected chi connectivity index (χ4v) is 9.95. The highest BCUT2D eigenvalue weighted by Crippen LogP contribution is 2.44.